The summed E-state index contributed by atoms with van der Waals surface area (Å²) in [6.07, 6.45) is 0.804. The maximum absolute atomic E-state index is 5.68. The molecule has 108 valence electrons. The van der Waals surface area contributed by atoms with Crippen LogP contribution in [-0.2, 0) is 6.42 Å². The van der Waals surface area contributed by atoms with Gasteiger partial charge in [0.15, 0.2) is 4.67 Å². The van der Waals surface area contributed by atoms with E-state index < -0.39 is 0 Å². The van der Waals surface area contributed by atoms with E-state index in [4.69, 9.17) is 9.40 Å². The third-order valence-electron chi connectivity index (χ3n) is 3.46. The van der Waals surface area contributed by atoms with Gasteiger partial charge in [-0.1, -0.05) is 31.2 Å². The molecule has 3 nitrogen and oxygen atoms in total. The van der Waals surface area contributed by atoms with Gasteiger partial charge < -0.3 is 9.73 Å². The third-order valence-corrected chi connectivity index (χ3v) is 3.88. The average molecular weight is 345 g/mol. The number of likely N-dealkylation sites (N-methyl/N-ethyl adjacent to an activating group) is 1. The van der Waals surface area contributed by atoms with Crippen molar-refractivity contribution in [2.75, 3.05) is 6.54 Å². The molecule has 1 unspecified atom stereocenters. The van der Waals surface area contributed by atoms with Crippen LogP contribution in [0.1, 0.15) is 24.4 Å². The molecule has 0 spiro atoms. The molecule has 0 aliphatic rings. The van der Waals surface area contributed by atoms with Crippen molar-refractivity contribution in [3.8, 4) is 0 Å². The Morgan fingerprint density at radius 2 is 2.00 bits per heavy atom. The van der Waals surface area contributed by atoms with E-state index in [1.807, 2.05) is 30.3 Å². The Hall–Kier alpha value is -1.65. The molecule has 0 saturated carbocycles. The lowest BCUT2D eigenvalue weighted by Gasteiger charge is -2.15. The molecule has 2 heterocycles. The number of fused-ring (bicyclic) bond motifs is 1. The van der Waals surface area contributed by atoms with E-state index in [2.05, 4.69) is 46.4 Å². The van der Waals surface area contributed by atoms with Crippen LogP contribution in [0.5, 0.6) is 0 Å². The van der Waals surface area contributed by atoms with Crippen molar-refractivity contribution >= 4 is 26.8 Å². The van der Waals surface area contributed by atoms with Gasteiger partial charge >= 0.3 is 0 Å². The van der Waals surface area contributed by atoms with Crippen molar-refractivity contribution in [3.05, 3.63) is 64.7 Å². The maximum atomic E-state index is 5.68. The Balaban J connectivity index is 1.86. The highest BCUT2D eigenvalue weighted by Crippen LogP contribution is 2.24. The van der Waals surface area contributed by atoms with Gasteiger partial charge in [0.05, 0.1) is 11.6 Å². The number of aromatic nitrogens is 1. The summed E-state index contributed by atoms with van der Waals surface area (Å²) in [5, 5.41) is 4.62. The standard InChI is InChI=1S/C17H17BrN2O/c1-2-19-15(16-9-10-17(18)21-16)11-13-8-7-12-5-3-4-6-14(12)20-13/h3-10,15,19H,2,11H2,1H3. The second-order valence-electron chi connectivity index (χ2n) is 4.95. The predicted octanol–water partition coefficient (Wildman–Crippen LogP) is 4.48. The van der Waals surface area contributed by atoms with E-state index in [9.17, 15) is 0 Å². The van der Waals surface area contributed by atoms with E-state index in [1.54, 1.807) is 0 Å². The lowest BCUT2D eigenvalue weighted by molar-refractivity contribution is 0.403. The van der Waals surface area contributed by atoms with Gasteiger partial charge in [-0.25, -0.2) is 0 Å². The summed E-state index contributed by atoms with van der Waals surface area (Å²) < 4.78 is 6.44. The molecule has 1 aromatic carbocycles. The number of benzene rings is 1. The van der Waals surface area contributed by atoms with E-state index in [-0.39, 0.29) is 6.04 Å². The van der Waals surface area contributed by atoms with E-state index in [1.165, 1.54) is 5.39 Å². The van der Waals surface area contributed by atoms with Crippen LogP contribution in [0.3, 0.4) is 0 Å². The van der Waals surface area contributed by atoms with Gasteiger partial charge in [-0.05, 0) is 46.7 Å². The summed E-state index contributed by atoms with van der Waals surface area (Å²) in [6.45, 7) is 2.98. The number of nitrogens with zero attached hydrogens (tertiary/aromatic N) is 1. The van der Waals surface area contributed by atoms with Crippen molar-refractivity contribution in [2.45, 2.75) is 19.4 Å². The van der Waals surface area contributed by atoms with Crippen LogP contribution in [0.4, 0.5) is 0 Å². The molecule has 1 N–H and O–H groups in total. The molecule has 0 saturated heterocycles. The van der Waals surface area contributed by atoms with Crippen LogP contribution in [0.15, 0.2) is 57.6 Å². The van der Waals surface area contributed by atoms with Crippen molar-refractivity contribution < 1.29 is 4.42 Å². The number of hydrogen-bond donors (Lipinski definition) is 1. The minimum absolute atomic E-state index is 0.134. The molecule has 21 heavy (non-hydrogen) atoms. The fourth-order valence-electron chi connectivity index (χ4n) is 2.47. The number of para-hydroxylation sites is 1. The maximum Gasteiger partial charge on any atom is 0.169 e. The van der Waals surface area contributed by atoms with Gasteiger partial charge in [0.25, 0.3) is 0 Å². The SMILES string of the molecule is CCNC(Cc1ccc2ccccc2n1)c1ccc(Br)o1. The highest BCUT2D eigenvalue weighted by atomic mass is 79.9. The molecule has 0 radical (unpaired) electrons. The zero-order chi connectivity index (χ0) is 14.7. The fraction of sp³-hybridized carbons (Fsp3) is 0.235. The molecule has 0 amide bonds. The third kappa shape index (κ3) is 3.34. The smallest absolute Gasteiger partial charge is 0.169 e. The first-order valence-electron chi connectivity index (χ1n) is 7.09. The van der Waals surface area contributed by atoms with Crippen LogP contribution in [0.2, 0.25) is 0 Å². The summed E-state index contributed by atoms with van der Waals surface area (Å²) >= 11 is 3.36. The zero-order valence-electron chi connectivity index (χ0n) is 11.8. The first-order chi connectivity index (χ1) is 10.3. The first-order valence-corrected chi connectivity index (χ1v) is 7.89. The highest BCUT2D eigenvalue weighted by molar-refractivity contribution is 9.10. The average Bonchev–Trinajstić information content (AvgIpc) is 2.93. The Bertz CT molecular complexity index is 738. The van der Waals surface area contributed by atoms with Gasteiger partial charge in [0.1, 0.15) is 5.76 Å². The molecular weight excluding hydrogens is 328 g/mol. The normalized spacial score (nSPS) is 12.7. The van der Waals surface area contributed by atoms with Crippen LogP contribution < -0.4 is 5.32 Å². The monoisotopic (exact) mass is 344 g/mol. The van der Waals surface area contributed by atoms with Crippen molar-refractivity contribution in [1.82, 2.24) is 10.3 Å². The van der Waals surface area contributed by atoms with Crippen LogP contribution in [0, 0.1) is 0 Å². The predicted molar refractivity (Wildman–Crippen MR) is 88.3 cm³/mol. The van der Waals surface area contributed by atoms with Gasteiger partial charge in [0, 0.05) is 17.5 Å². The Morgan fingerprint density at radius 1 is 1.14 bits per heavy atom. The lowest BCUT2D eigenvalue weighted by Crippen LogP contribution is -2.22. The van der Waals surface area contributed by atoms with Gasteiger partial charge in [0.2, 0.25) is 0 Å². The second kappa shape index (κ2) is 6.41. The molecule has 4 heteroatoms. The summed E-state index contributed by atoms with van der Waals surface area (Å²) in [6, 6.07) is 16.4. The van der Waals surface area contributed by atoms with Gasteiger partial charge in [-0.2, -0.15) is 0 Å². The minimum Gasteiger partial charge on any atom is -0.453 e. The summed E-state index contributed by atoms with van der Waals surface area (Å²) in [7, 11) is 0. The minimum atomic E-state index is 0.134. The molecule has 0 bridgehead atoms. The van der Waals surface area contributed by atoms with E-state index >= 15 is 0 Å². The fourth-order valence-corrected chi connectivity index (χ4v) is 2.79. The Labute approximate surface area is 132 Å². The number of halogens is 1. The largest absolute Gasteiger partial charge is 0.453 e. The number of hydrogen-bond acceptors (Lipinski definition) is 3. The molecular formula is C17H17BrN2O. The first kappa shape index (κ1) is 14.3. The topological polar surface area (TPSA) is 38.1 Å². The van der Waals surface area contributed by atoms with E-state index in [0.29, 0.717) is 0 Å². The Morgan fingerprint density at radius 3 is 2.76 bits per heavy atom. The molecule has 1 atom stereocenters. The molecule has 0 aliphatic heterocycles. The van der Waals surface area contributed by atoms with E-state index in [0.717, 1.165) is 34.6 Å². The molecule has 0 aliphatic carbocycles. The van der Waals surface area contributed by atoms with Crippen LogP contribution in [0.25, 0.3) is 10.9 Å². The molecule has 3 aromatic rings. The van der Waals surface area contributed by atoms with Gasteiger partial charge in [-0.15, -0.1) is 0 Å². The lowest BCUT2D eigenvalue weighted by atomic mass is 10.1. The van der Waals surface area contributed by atoms with Crippen LogP contribution >= 0.6 is 15.9 Å². The summed E-state index contributed by atoms with van der Waals surface area (Å²) in [4.78, 5) is 4.74. The quantitative estimate of drug-likeness (QED) is 0.741. The van der Waals surface area contributed by atoms with Crippen molar-refractivity contribution in [3.63, 3.8) is 0 Å². The molecule has 2 aromatic heterocycles. The number of nitrogens with one attached hydrogen (secondary N) is 1. The number of pyridine rings is 1. The zero-order valence-corrected chi connectivity index (χ0v) is 13.4. The number of rotatable bonds is 5. The molecule has 0 fully saturated rings. The van der Waals surface area contributed by atoms with Crippen LogP contribution in [-0.4, -0.2) is 11.5 Å². The number of furan rings is 1. The van der Waals surface area contributed by atoms with Crippen molar-refractivity contribution in [1.29, 1.82) is 0 Å². The highest BCUT2D eigenvalue weighted by Gasteiger charge is 2.16. The summed E-state index contributed by atoms with van der Waals surface area (Å²) in [5.74, 6) is 0.929. The second-order valence-corrected chi connectivity index (χ2v) is 5.73. The van der Waals surface area contributed by atoms with Gasteiger partial charge in [-0.3, -0.25) is 4.98 Å². The molecule has 3 rings (SSSR count). The summed E-state index contributed by atoms with van der Waals surface area (Å²) in [5.41, 5.74) is 2.10. The Kier molecular flexibility index (Phi) is 4.36. The van der Waals surface area contributed by atoms with Crippen molar-refractivity contribution in [2.24, 2.45) is 0 Å².